The second-order valence-electron chi connectivity index (χ2n) is 8.27. The van der Waals surface area contributed by atoms with Crippen LogP contribution in [0, 0.1) is 5.92 Å². The molecule has 0 aromatic carbocycles. The molecule has 1 N–H and O–H groups in total. The first-order chi connectivity index (χ1) is 12.7. The van der Waals surface area contributed by atoms with Crippen molar-refractivity contribution in [3.05, 3.63) is 17.5 Å². The van der Waals surface area contributed by atoms with E-state index in [-0.39, 0.29) is 17.9 Å². The number of pyridine rings is 1. The molecule has 1 fully saturated rings. The molecule has 3 heterocycles. The Morgan fingerprint density at radius 2 is 2.22 bits per heavy atom. The van der Waals surface area contributed by atoms with Gasteiger partial charge in [-0.1, -0.05) is 31.2 Å². The smallest absolute Gasteiger partial charge is 0.242 e. The van der Waals surface area contributed by atoms with E-state index >= 15 is 0 Å². The lowest BCUT2D eigenvalue weighted by Gasteiger charge is -2.20. The second-order valence-corrected chi connectivity index (χ2v) is 14.3. The van der Waals surface area contributed by atoms with E-state index in [2.05, 4.69) is 34.9 Å². The number of carbonyl (C=O) groups excluding carboxylic acids is 1. The Balaban J connectivity index is 1.75. The van der Waals surface area contributed by atoms with Gasteiger partial charge >= 0.3 is 0 Å². The van der Waals surface area contributed by atoms with Crippen LogP contribution in [-0.4, -0.2) is 47.8 Å². The average Bonchev–Trinajstić information content (AvgIpc) is 3.17. The molecule has 0 saturated carbocycles. The summed E-state index contributed by atoms with van der Waals surface area (Å²) in [6.45, 7) is 10.6. The zero-order valence-corrected chi connectivity index (χ0v) is 18.0. The van der Waals surface area contributed by atoms with E-state index in [1.807, 2.05) is 11.5 Å². The summed E-state index contributed by atoms with van der Waals surface area (Å²) in [5, 5.41) is 3.17. The Morgan fingerprint density at radius 1 is 1.44 bits per heavy atom. The third-order valence-electron chi connectivity index (χ3n) is 4.73. The number of ether oxygens (including phenoxy) is 2. The average molecular weight is 411 g/mol. The van der Waals surface area contributed by atoms with Crippen LogP contribution in [0.4, 0.5) is 0 Å². The van der Waals surface area contributed by atoms with Gasteiger partial charge in [0, 0.05) is 39.6 Å². The lowest BCUT2D eigenvalue weighted by Crippen LogP contribution is -2.26. The van der Waals surface area contributed by atoms with Crippen LogP contribution in [0.15, 0.2) is 12.4 Å². The Labute approximate surface area is 165 Å². The van der Waals surface area contributed by atoms with Gasteiger partial charge in [0.2, 0.25) is 11.8 Å². The van der Waals surface area contributed by atoms with Gasteiger partial charge in [0.1, 0.15) is 23.5 Å². The van der Waals surface area contributed by atoms with Gasteiger partial charge in [-0.15, -0.1) is 0 Å². The first-order valence-corrected chi connectivity index (χ1v) is 13.3. The molecule has 1 amide bonds. The predicted molar refractivity (Wildman–Crippen MR) is 108 cm³/mol. The molecule has 0 aliphatic carbocycles. The molecule has 9 heteroatoms. The fourth-order valence-electron chi connectivity index (χ4n) is 2.98. The number of nitrogens with zero attached hydrogens (tertiary/aromatic N) is 3. The molecule has 0 spiro atoms. The Bertz CT molecular complexity index is 821. The van der Waals surface area contributed by atoms with Gasteiger partial charge < -0.3 is 19.4 Å². The number of nitrogens with one attached hydrogen (secondary N) is 1. The monoisotopic (exact) mass is 410 g/mol. The molecule has 2 aromatic rings. The molecule has 1 unspecified atom stereocenters. The molecule has 0 bridgehead atoms. The second kappa shape index (κ2) is 8.16. The van der Waals surface area contributed by atoms with Crippen molar-refractivity contribution in [2.24, 2.45) is 5.92 Å². The van der Waals surface area contributed by atoms with Crippen LogP contribution in [0.1, 0.15) is 13.3 Å². The van der Waals surface area contributed by atoms with Crippen molar-refractivity contribution in [1.82, 2.24) is 19.9 Å². The van der Waals surface area contributed by atoms with Crippen molar-refractivity contribution < 1.29 is 14.3 Å². The molecule has 2 aromatic heterocycles. The Hall–Kier alpha value is -1.64. The van der Waals surface area contributed by atoms with Crippen LogP contribution < -0.4 is 10.1 Å². The highest BCUT2D eigenvalue weighted by Gasteiger charge is 2.29. The molecular weight excluding hydrogens is 384 g/mol. The summed E-state index contributed by atoms with van der Waals surface area (Å²) < 4.78 is 13.8. The van der Waals surface area contributed by atoms with E-state index in [0.29, 0.717) is 36.2 Å². The number of fused-ring (bicyclic) bond motifs is 1. The summed E-state index contributed by atoms with van der Waals surface area (Å²) in [5.74, 6) is 0.592. The van der Waals surface area contributed by atoms with E-state index in [0.717, 1.165) is 18.2 Å². The highest BCUT2D eigenvalue weighted by Crippen LogP contribution is 2.29. The molecule has 7 nitrogen and oxygen atoms in total. The third-order valence-corrected chi connectivity index (χ3v) is 6.63. The van der Waals surface area contributed by atoms with Crippen molar-refractivity contribution >= 4 is 36.6 Å². The number of amides is 1. The summed E-state index contributed by atoms with van der Waals surface area (Å²) >= 11 is 6.14. The van der Waals surface area contributed by atoms with Crippen molar-refractivity contribution in [1.29, 1.82) is 0 Å². The molecule has 1 aliphatic heterocycles. The topological polar surface area (TPSA) is 78.3 Å². The number of hydrogen-bond acceptors (Lipinski definition) is 5. The fourth-order valence-corrected chi connectivity index (χ4v) is 3.92. The van der Waals surface area contributed by atoms with Crippen molar-refractivity contribution in [2.75, 3.05) is 13.2 Å². The van der Waals surface area contributed by atoms with Crippen LogP contribution in [0.5, 0.6) is 5.88 Å². The molecular formula is C18H27ClN4O3Si. The first-order valence-electron chi connectivity index (χ1n) is 9.25. The Morgan fingerprint density at radius 3 is 2.89 bits per heavy atom. The van der Waals surface area contributed by atoms with Gasteiger partial charge in [0.05, 0.1) is 11.8 Å². The predicted octanol–water partition coefficient (Wildman–Crippen LogP) is 3.30. The number of imidazole rings is 1. The SMILES string of the molecule is C[C@@H](Oc1nc(Cl)cc2ncn(COCC[Si](C)(C)C)c12)C1CNC(=O)C1. The maximum Gasteiger partial charge on any atom is 0.242 e. The van der Waals surface area contributed by atoms with Crippen molar-refractivity contribution in [2.45, 2.75) is 51.9 Å². The van der Waals surface area contributed by atoms with Gasteiger partial charge in [0.15, 0.2) is 0 Å². The summed E-state index contributed by atoms with van der Waals surface area (Å²) in [5.41, 5.74) is 1.48. The normalized spacial score (nSPS) is 18.7. The quantitative estimate of drug-likeness (QED) is 0.410. The van der Waals surface area contributed by atoms with Gasteiger partial charge in [-0.05, 0) is 13.0 Å². The zero-order valence-electron chi connectivity index (χ0n) is 16.3. The standard InChI is InChI=1S/C18H27ClN4O3Si/c1-12(13-7-16(24)20-9-13)26-18-17-14(8-15(19)22-18)21-10-23(17)11-25-5-6-27(2,3)4/h8,10,12-13H,5-7,9,11H2,1-4H3,(H,20,24)/t12-,13?/m1/s1. The van der Waals surface area contributed by atoms with Gasteiger partial charge in [-0.3, -0.25) is 4.79 Å². The van der Waals surface area contributed by atoms with Gasteiger partial charge in [0.25, 0.3) is 0 Å². The van der Waals surface area contributed by atoms with E-state index in [1.165, 1.54) is 0 Å². The number of rotatable bonds is 8. The van der Waals surface area contributed by atoms with E-state index in [1.54, 1.807) is 12.4 Å². The first kappa shape index (κ1) is 20.1. The van der Waals surface area contributed by atoms with Crippen molar-refractivity contribution in [3.8, 4) is 5.88 Å². The van der Waals surface area contributed by atoms with Gasteiger partial charge in [-0.25, -0.2) is 4.98 Å². The molecule has 1 saturated heterocycles. The highest BCUT2D eigenvalue weighted by atomic mass is 35.5. The maximum absolute atomic E-state index is 11.5. The van der Waals surface area contributed by atoms with E-state index in [9.17, 15) is 4.79 Å². The summed E-state index contributed by atoms with van der Waals surface area (Å²) in [7, 11) is -1.13. The Kier molecular flexibility index (Phi) is 6.07. The van der Waals surface area contributed by atoms with Crippen LogP contribution in [-0.2, 0) is 16.3 Å². The molecule has 3 rings (SSSR count). The highest BCUT2D eigenvalue weighted by molar-refractivity contribution is 6.76. The minimum Gasteiger partial charge on any atom is -0.473 e. The fraction of sp³-hybridized carbons (Fsp3) is 0.611. The molecule has 27 heavy (non-hydrogen) atoms. The summed E-state index contributed by atoms with van der Waals surface area (Å²) in [6, 6.07) is 2.82. The van der Waals surface area contributed by atoms with Crippen molar-refractivity contribution in [3.63, 3.8) is 0 Å². The molecule has 2 atom stereocenters. The lowest BCUT2D eigenvalue weighted by atomic mass is 10.0. The van der Waals surface area contributed by atoms with E-state index in [4.69, 9.17) is 21.1 Å². The van der Waals surface area contributed by atoms with Crippen LogP contribution in [0.2, 0.25) is 30.8 Å². The lowest BCUT2D eigenvalue weighted by molar-refractivity contribution is -0.119. The molecule has 1 aliphatic rings. The summed E-state index contributed by atoms with van der Waals surface area (Å²) in [4.78, 5) is 20.2. The van der Waals surface area contributed by atoms with Gasteiger partial charge in [-0.2, -0.15) is 4.98 Å². The number of hydrogen-bond donors (Lipinski definition) is 1. The molecule has 148 valence electrons. The minimum atomic E-state index is -1.13. The largest absolute Gasteiger partial charge is 0.473 e. The minimum absolute atomic E-state index is 0.0560. The maximum atomic E-state index is 11.5. The van der Waals surface area contributed by atoms with Crippen LogP contribution >= 0.6 is 11.6 Å². The summed E-state index contributed by atoms with van der Waals surface area (Å²) in [6.07, 6.45) is 2.01. The number of carbonyl (C=O) groups is 1. The van der Waals surface area contributed by atoms with Crippen LogP contribution in [0.25, 0.3) is 11.0 Å². The zero-order chi connectivity index (χ0) is 19.6. The number of aromatic nitrogens is 3. The van der Waals surface area contributed by atoms with Crippen LogP contribution in [0.3, 0.4) is 0 Å². The number of halogens is 1. The van der Waals surface area contributed by atoms with E-state index < -0.39 is 8.07 Å². The third kappa shape index (κ3) is 5.21. The molecule has 0 radical (unpaired) electrons.